The van der Waals surface area contributed by atoms with E-state index in [1.807, 2.05) is 12.1 Å². The number of carbonyl (C=O) groups excluding carboxylic acids is 1. The fraction of sp³-hybridized carbons (Fsp3) is 0.571. The van der Waals surface area contributed by atoms with Crippen LogP contribution < -0.4 is 10.2 Å². The van der Waals surface area contributed by atoms with Crippen molar-refractivity contribution < 1.29 is 9.90 Å². The molecular formula is C14H21N3O2. The Labute approximate surface area is 113 Å². The molecule has 5 nitrogen and oxygen atoms in total. The lowest BCUT2D eigenvalue weighted by atomic mass is 10.0. The molecule has 19 heavy (non-hydrogen) atoms. The molecule has 2 N–H and O–H groups in total. The van der Waals surface area contributed by atoms with E-state index in [0.717, 1.165) is 37.3 Å². The second-order valence-electron chi connectivity index (χ2n) is 5.09. The van der Waals surface area contributed by atoms with E-state index in [1.165, 1.54) is 0 Å². The number of piperidine rings is 1. The molecule has 0 aromatic carbocycles. The Hall–Kier alpha value is -1.62. The number of hydrogen-bond acceptors (Lipinski definition) is 4. The van der Waals surface area contributed by atoms with E-state index in [1.54, 1.807) is 20.0 Å². The average Bonchev–Trinajstić information content (AvgIpc) is 2.39. The Kier molecular flexibility index (Phi) is 4.37. The van der Waals surface area contributed by atoms with Crippen LogP contribution >= 0.6 is 0 Å². The highest BCUT2D eigenvalue weighted by molar-refractivity contribution is 5.73. The van der Waals surface area contributed by atoms with Crippen molar-refractivity contribution in [2.24, 2.45) is 0 Å². The van der Waals surface area contributed by atoms with Crippen molar-refractivity contribution in [3.63, 3.8) is 0 Å². The molecule has 1 aliphatic rings. The zero-order valence-electron chi connectivity index (χ0n) is 11.5. The van der Waals surface area contributed by atoms with Crippen LogP contribution in [0.3, 0.4) is 0 Å². The number of anilines is 1. The van der Waals surface area contributed by atoms with E-state index in [4.69, 9.17) is 0 Å². The van der Waals surface area contributed by atoms with Crippen LogP contribution in [0.15, 0.2) is 18.3 Å². The molecule has 1 amide bonds. The maximum absolute atomic E-state index is 11.0. The van der Waals surface area contributed by atoms with Gasteiger partial charge in [-0.25, -0.2) is 4.98 Å². The van der Waals surface area contributed by atoms with Gasteiger partial charge in [-0.1, -0.05) is 6.07 Å². The smallest absolute Gasteiger partial charge is 0.217 e. The highest BCUT2D eigenvalue weighted by atomic mass is 16.3. The normalized spacial score (nSPS) is 18.2. The molecule has 1 unspecified atom stereocenters. The topological polar surface area (TPSA) is 65.5 Å². The number of carbonyl (C=O) groups is 1. The number of nitrogens with zero attached hydrogens (tertiary/aromatic N) is 2. The maximum Gasteiger partial charge on any atom is 0.217 e. The van der Waals surface area contributed by atoms with Gasteiger partial charge in [0.2, 0.25) is 5.91 Å². The molecule has 1 aromatic heterocycles. The molecule has 1 aromatic rings. The molecule has 1 fully saturated rings. The standard InChI is InChI=1S/C14H21N3O2/c1-10(18)12-3-4-14(15-9-12)17-7-5-13(6-8-17)16-11(2)19/h3-4,9-10,13,18H,5-8H2,1-2H3,(H,16,19). The first-order valence-electron chi connectivity index (χ1n) is 6.72. The van der Waals surface area contributed by atoms with E-state index in [9.17, 15) is 9.90 Å². The molecular weight excluding hydrogens is 242 g/mol. The van der Waals surface area contributed by atoms with E-state index in [0.29, 0.717) is 0 Å². The number of hydrogen-bond donors (Lipinski definition) is 2. The summed E-state index contributed by atoms with van der Waals surface area (Å²) in [6.45, 7) is 5.08. The molecule has 0 spiro atoms. The molecule has 2 heterocycles. The van der Waals surface area contributed by atoms with Gasteiger partial charge in [-0.2, -0.15) is 0 Å². The molecule has 2 rings (SSSR count). The van der Waals surface area contributed by atoms with Crippen molar-refractivity contribution in [1.29, 1.82) is 0 Å². The lowest BCUT2D eigenvalue weighted by molar-refractivity contribution is -0.119. The molecule has 1 atom stereocenters. The molecule has 0 aliphatic carbocycles. The predicted molar refractivity (Wildman–Crippen MR) is 73.9 cm³/mol. The number of nitrogens with one attached hydrogen (secondary N) is 1. The number of aliphatic hydroxyl groups is 1. The second kappa shape index (κ2) is 6.02. The lowest BCUT2D eigenvalue weighted by Crippen LogP contribution is -2.44. The minimum Gasteiger partial charge on any atom is -0.389 e. The fourth-order valence-corrected chi connectivity index (χ4v) is 2.37. The Morgan fingerprint density at radius 1 is 1.47 bits per heavy atom. The summed E-state index contributed by atoms with van der Waals surface area (Å²) in [7, 11) is 0. The molecule has 0 bridgehead atoms. The predicted octanol–water partition coefficient (Wildman–Crippen LogP) is 1.24. The quantitative estimate of drug-likeness (QED) is 0.861. The van der Waals surface area contributed by atoms with Gasteiger partial charge in [-0.3, -0.25) is 4.79 Å². The first-order valence-corrected chi connectivity index (χ1v) is 6.72. The van der Waals surface area contributed by atoms with Gasteiger partial charge in [0.1, 0.15) is 5.82 Å². The van der Waals surface area contributed by atoms with Crippen LogP contribution in [-0.4, -0.2) is 35.1 Å². The van der Waals surface area contributed by atoms with Gasteiger partial charge >= 0.3 is 0 Å². The van der Waals surface area contributed by atoms with Gasteiger partial charge in [0.15, 0.2) is 0 Å². The third-order valence-corrected chi connectivity index (χ3v) is 3.48. The van der Waals surface area contributed by atoms with Crippen molar-refractivity contribution in [2.75, 3.05) is 18.0 Å². The number of amides is 1. The highest BCUT2D eigenvalue weighted by Crippen LogP contribution is 2.19. The summed E-state index contributed by atoms with van der Waals surface area (Å²) in [5.74, 6) is 0.975. The number of rotatable bonds is 3. The first kappa shape index (κ1) is 13.8. The minimum absolute atomic E-state index is 0.0397. The summed E-state index contributed by atoms with van der Waals surface area (Å²) < 4.78 is 0. The lowest BCUT2D eigenvalue weighted by Gasteiger charge is -2.33. The van der Waals surface area contributed by atoms with Gasteiger partial charge in [0, 0.05) is 32.3 Å². The van der Waals surface area contributed by atoms with Crippen LogP contribution in [0.25, 0.3) is 0 Å². The van der Waals surface area contributed by atoms with Crippen LogP contribution in [0, 0.1) is 0 Å². The van der Waals surface area contributed by atoms with Crippen molar-refractivity contribution in [1.82, 2.24) is 10.3 Å². The second-order valence-corrected chi connectivity index (χ2v) is 5.09. The number of pyridine rings is 1. The average molecular weight is 263 g/mol. The number of aromatic nitrogens is 1. The summed E-state index contributed by atoms with van der Waals surface area (Å²) in [4.78, 5) is 17.6. The summed E-state index contributed by atoms with van der Waals surface area (Å²) in [6.07, 6.45) is 3.13. The SMILES string of the molecule is CC(=O)NC1CCN(c2ccc(C(C)O)cn2)CC1. The van der Waals surface area contributed by atoms with Gasteiger partial charge in [0.25, 0.3) is 0 Å². The third kappa shape index (κ3) is 3.67. The maximum atomic E-state index is 11.0. The molecule has 0 radical (unpaired) electrons. The molecule has 104 valence electrons. The van der Waals surface area contributed by atoms with E-state index in [-0.39, 0.29) is 11.9 Å². The largest absolute Gasteiger partial charge is 0.389 e. The summed E-state index contributed by atoms with van der Waals surface area (Å²) in [6, 6.07) is 4.14. The van der Waals surface area contributed by atoms with Crippen molar-refractivity contribution in [2.45, 2.75) is 38.8 Å². The Bertz CT molecular complexity index is 423. The van der Waals surface area contributed by atoms with Crippen molar-refractivity contribution in [3.8, 4) is 0 Å². The molecule has 0 saturated carbocycles. The van der Waals surface area contributed by atoms with Gasteiger partial charge in [0.05, 0.1) is 6.10 Å². The van der Waals surface area contributed by atoms with Crippen LogP contribution in [-0.2, 0) is 4.79 Å². The molecule has 1 aliphatic heterocycles. The van der Waals surface area contributed by atoms with Crippen LogP contribution in [0.5, 0.6) is 0 Å². The van der Waals surface area contributed by atoms with E-state index in [2.05, 4.69) is 15.2 Å². The minimum atomic E-state index is -0.480. The number of aliphatic hydroxyl groups excluding tert-OH is 1. The zero-order valence-corrected chi connectivity index (χ0v) is 11.5. The van der Waals surface area contributed by atoms with Gasteiger partial charge in [-0.05, 0) is 31.4 Å². The Morgan fingerprint density at radius 2 is 2.16 bits per heavy atom. The first-order chi connectivity index (χ1) is 9.06. The summed E-state index contributed by atoms with van der Waals surface area (Å²) in [5.41, 5.74) is 0.830. The summed E-state index contributed by atoms with van der Waals surface area (Å²) in [5, 5.41) is 12.4. The Balaban J connectivity index is 1.92. The molecule has 5 heteroatoms. The third-order valence-electron chi connectivity index (χ3n) is 3.48. The van der Waals surface area contributed by atoms with Gasteiger partial charge in [-0.15, -0.1) is 0 Å². The van der Waals surface area contributed by atoms with Gasteiger partial charge < -0.3 is 15.3 Å². The van der Waals surface area contributed by atoms with Crippen LogP contribution in [0.4, 0.5) is 5.82 Å². The fourth-order valence-electron chi connectivity index (χ4n) is 2.37. The zero-order chi connectivity index (χ0) is 13.8. The van der Waals surface area contributed by atoms with Crippen molar-refractivity contribution >= 4 is 11.7 Å². The van der Waals surface area contributed by atoms with Crippen molar-refractivity contribution in [3.05, 3.63) is 23.9 Å². The van der Waals surface area contributed by atoms with Crippen LogP contribution in [0.2, 0.25) is 0 Å². The summed E-state index contributed by atoms with van der Waals surface area (Å²) >= 11 is 0. The van der Waals surface area contributed by atoms with Crippen LogP contribution in [0.1, 0.15) is 38.4 Å². The van der Waals surface area contributed by atoms with E-state index >= 15 is 0 Å². The Morgan fingerprint density at radius 3 is 2.63 bits per heavy atom. The molecule has 1 saturated heterocycles. The highest BCUT2D eigenvalue weighted by Gasteiger charge is 2.20. The van der Waals surface area contributed by atoms with E-state index < -0.39 is 6.10 Å². The monoisotopic (exact) mass is 263 g/mol.